The highest BCUT2D eigenvalue weighted by molar-refractivity contribution is 7.45. The molecule has 8 nitrogen and oxygen atoms in total. The van der Waals surface area contributed by atoms with Crippen LogP contribution in [0.4, 0.5) is 0 Å². The molecule has 342 valence electrons. The first-order valence-corrected chi connectivity index (χ1v) is 26.3. The van der Waals surface area contributed by atoms with Gasteiger partial charge in [0.05, 0.1) is 39.9 Å². The van der Waals surface area contributed by atoms with Crippen LogP contribution in [-0.2, 0) is 18.4 Å². The number of carbonyl (C=O) groups is 1. The highest BCUT2D eigenvalue weighted by Gasteiger charge is 2.24. The van der Waals surface area contributed by atoms with Crippen molar-refractivity contribution in [2.75, 3.05) is 40.9 Å². The molecular formula is C48H99N2O6P. The Morgan fingerprint density at radius 3 is 1.19 bits per heavy atom. The molecule has 0 aliphatic heterocycles. The normalized spacial score (nSPS) is 14.2. The van der Waals surface area contributed by atoms with Gasteiger partial charge in [0, 0.05) is 6.42 Å². The van der Waals surface area contributed by atoms with Crippen molar-refractivity contribution in [3.63, 3.8) is 0 Å². The lowest BCUT2D eigenvalue weighted by Gasteiger charge is -2.30. The van der Waals surface area contributed by atoms with E-state index in [0.717, 1.165) is 38.5 Å². The van der Waals surface area contributed by atoms with Crippen LogP contribution in [0.5, 0.6) is 0 Å². The summed E-state index contributed by atoms with van der Waals surface area (Å²) in [5.74, 6) is -0.163. The van der Waals surface area contributed by atoms with Crippen LogP contribution in [0.1, 0.15) is 251 Å². The fraction of sp³-hybridized carbons (Fsp3) is 0.979. The van der Waals surface area contributed by atoms with Crippen LogP contribution >= 0.6 is 7.82 Å². The van der Waals surface area contributed by atoms with E-state index in [1.54, 1.807) is 0 Å². The second kappa shape index (κ2) is 40.9. The van der Waals surface area contributed by atoms with Crippen molar-refractivity contribution in [3.8, 4) is 0 Å². The van der Waals surface area contributed by atoms with E-state index in [-0.39, 0.29) is 19.1 Å². The van der Waals surface area contributed by atoms with Gasteiger partial charge in [-0.15, -0.1) is 0 Å². The fourth-order valence-electron chi connectivity index (χ4n) is 7.63. The molecule has 0 aromatic carbocycles. The molecule has 0 fully saturated rings. The third-order valence-corrected chi connectivity index (χ3v) is 12.6. The van der Waals surface area contributed by atoms with Gasteiger partial charge in [0.15, 0.2) is 0 Å². The third kappa shape index (κ3) is 43.4. The second-order valence-corrected chi connectivity index (χ2v) is 19.9. The number of amides is 1. The molecule has 0 aliphatic carbocycles. The Labute approximate surface area is 355 Å². The van der Waals surface area contributed by atoms with Crippen molar-refractivity contribution >= 4 is 13.7 Å². The molecule has 57 heavy (non-hydrogen) atoms. The van der Waals surface area contributed by atoms with Crippen LogP contribution in [0.2, 0.25) is 0 Å². The van der Waals surface area contributed by atoms with Gasteiger partial charge in [0.1, 0.15) is 13.2 Å². The van der Waals surface area contributed by atoms with Crippen LogP contribution < -0.4 is 10.2 Å². The summed E-state index contributed by atoms with van der Waals surface area (Å²) in [6, 6.07) is -0.791. The Morgan fingerprint density at radius 1 is 0.544 bits per heavy atom. The van der Waals surface area contributed by atoms with Gasteiger partial charge in [0.25, 0.3) is 7.82 Å². The van der Waals surface area contributed by atoms with Crippen molar-refractivity contribution in [1.82, 2.24) is 5.32 Å². The van der Waals surface area contributed by atoms with Gasteiger partial charge in [-0.1, -0.05) is 232 Å². The van der Waals surface area contributed by atoms with Crippen molar-refractivity contribution in [2.24, 2.45) is 0 Å². The van der Waals surface area contributed by atoms with Crippen molar-refractivity contribution in [1.29, 1.82) is 0 Å². The number of nitrogens with zero attached hydrogens (tertiary/aromatic N) is 1. The van der Waals surface area contributed by atoms with Gasteiger partial charge >= 0.3 is 0 Å². The summed E-state index contributed by atoms with van der Waals surface area (Å²) in [6.07, 6.45) is 45.9. The zero-order valence-corrected chi connectivity index (χ0v) is 39.7. The Balaban J connectivity index is 3.90. The van der Waals surface area contributed by atoms with Gasteiger partial charge < -0.3 is 28.8 Å². The Hall–Kier alpha value is -0.500. The number of phosphoric acid groups is 1. The number of carbonyl (C=O) groups excluding carboxylic acids is 1. The SMILES string of the molecule is CCCCCCCCCCCCCCCCCCCCCCCCCCCCCCC(=O)NC(COP(=O)([O-])OCC[N+](C)(C)C)C(O)CCCCCCCCC. The molecule has 0 rings (SSSR count). The Bertz CT molecular complexity index is 901. The summed E-state index contributed by atoms with van der Waals surface area (Å²) in [6.45, 7) is 4.70. The number of unbranched alkanes of at least 4 members (excludes halogenated alkanes) is 33. The van der Waals surface area contributed by atoms with E-state index in [4.69, 9.17) is 9.05 Å². The molecule has 0 aromatic heterocycles. The average molecular weight is 831 g/mol. The number of quaternary nitrogens is 1. The predicted molar refractivity (Wildman–Crippen MR) is 243 cm³/mol. The molecule has 0 spiro atoms. The van der Waals surface area contributed by atoms with Crippen molar-refractivity contribution < 1.29 is 32.9 Å². The number of rotatable bonds is 46. The van der Waals surface area contributed by atoms with E-state index in [1.165, 1.54) is 186 Å². The lowest BCUT2D eigenvalue weighted by molar-refractivity contribution is -0.870. The summed E-state index contributed by atoms with van der Waals surface area (Å²) in [4.78, 5) is 25.2. The minimum absolute atomic E-state index is 0.0154. The monoisotopic (exact) mass is 831 g/mol. The number of likely N-dealkylation sites (N-methyl/N-ethyl adjacent to an activating group) is 1. The molecule has 0 saturated carbocycles. The maximum Gasteiger partial charge on any atom is 0.268 e. The first-order chi connectivity index (χ1) is 27.5. The largest absolute Gasteiger partial charge is 0.756 e. The number of phosphoric ester groups is 1. The molecule has 0 bridgehead atoms. The van der Waals surface area contributed by atoms with E-state index < -0.39 is 20.0 Å². The van der Waals surface area contributed by atoms with Gasteiger partial charge in [-0.05, 0) is 12.8 Å². The zero-order valence-electron chi connectivity index (χ0n) is 38.8. The van der Waals surface area contributed by atoms with E-state index in [1.807, 2.05) is 21.1 Å². The molecule has 0 aliphatic rings. The van der Waals surface area contributed by atoms with Crippen LogP contribution in [0.3, 0.4) is 0 Å². The molecular weight excluding hydrogens is 732 g/mol. The molecule has 0 aromatic rings. The van der Waals surface area contributed by atoms with Crippen LogP contribution in [-0.4, -0.2) is 68.5 Å². The average Bonchev–Trinajstić information content (AvgIpc) is 3.16. The Kier molecular flexibility index (Phi) is 40.5. The first kappa shape index (κ1) is 56.5. The standard InChI is InChI=1S/C48H99N2O6P/c1-6-8-10-12-14-15-16-17-18-19-20-21-22-23-24-25-26-27-28-29-30-31-32-33-34-36-38-40-42-48(52)49-46(47(51)41-39-37-35-13-11-9-7-2)45-56-57(53,54)55-44-43-50(3,4)5/h46-47,51H,6-45H2,1-5H3,(H-,49,52,53,54). The molecule has 0 saturated heterocycles. The molecule has 0 radical (unpaired) electrons. The number of nitrogens with one attached hydrogen (secondary N) is 1. The van der Waals surface area contributed by atoms with Gasteiger partial charge in [-0.2, -0.15) is 0 Å². The predicted octanol–water partition coefficient (Wildman–Crippen LogP) is 13.5. The summed E-state index contributed by atoms with van der Waals surface area (Å²) < 4.78 is 23.2. The van der Waals surface area contributed by atoms with Gasteiger partial charge in [-0.25, -0.2) is 0 Å². The van der Waals surface area contributed by atoms with E-state index in [2.05, 4.69) is 19.2 Å². The summed E-state index contributed by atoms with van der Waals surface area (Å²) in [7, 11) is 1.31. The maximum atomic E-state index is 12.8. The summed E-state index contributed by atoms with van der Waals surface area (Å²) >= 11 is 0. The van der Waals surface area contributed by atoms with Gasteiger partial charge in [-0.3, -0.25) is 9.36 Å². The first-order valence-electron chi connectivity index (χ1n) is 24.9. The summed E-state index contributed by atoms with van der Waals surface area (Å²) in [5, 5.41) is 13.8. The molecule has 1 amide bonds. The highest BCUT2D eigenvalue weighted by Crippen LogP contribution is 2.38. The lowest BCUT2D eigenvalue weighted by Crippen LogP contribution is -2.46. The number of aliphatic hydroxyl groups is 1. The fourth-order valence-corrected chi connectivity index (χ4v) is 8.35. The second-order valence-electron chi connectivity index (χ2n) is 18.5. The minimum atomic E-state index is -4.55. The smallest absolute Gasteiger partial charge is 0.268 e. The third-order valence-electron chi connectivity index (χ3n) is 11.6. The number of hydrogen-bond donors (Lipinski definition) is 2. The molecule has 3 atom stereocenters. The molecule has 2 N–H and O–H groups in total. The number of hydrogen-bond acceptors (Lipinski definition) is 6. The zero-order chi connectivity index (χ0) is 42.1. The van der Waals surface area contributed by atoms with Crippen molar-refractivity contribution in [2.45, 2.75) is 264 Å². The molecule has 9 heteroatoms. The van der Waals surface area contributed by atoms with E-state index in [0.29, 0.717) is 23.9 Å². The van der Waals surface area contributed by atoms with Crippen LogP contribution in [0.15, 0.2) is 0 Å². The Morgan fingerprint density at radius 2 is 0.860 bits per heavy atom. The molecule has 0 heterocycles. The topological polar surface area (TPSA) is 108 Å². The number of aliphatic hydroxyl groups excluding tert-OH is 1. The summed E-state index contributed by atoms with van der Waals surface area (Å²) in [5.41, 5.74) is 0. The van der Waals surface area contributed by atoms with Crippen LogP contribution in [0, 0.1) is 0 Å². The lowest BCUT2D eigenvalue weighted by atomic mass is 10.0. The van der Waals surface area contributed by atoms with E-state index >= 15 is 0 Å². The van der Waals surface area contributed by atoms with Crippen molar-refractivity contribution in [3.05, 3.63) is 0 Å². The van der Waals surface area contributed by atoms with Crippen LogP contribution in [0.25, 0.3) is 0 Å². The molecule has 3 unspecified atom stereocenters. The van der Waals surface area contributed by atoms with Gasteiger partial charge in [0.2, 0.25) is 5.91 Å². The quantitative estimate of drug-likeness (QED) is 0.0359. The van der Waals surface area contributed by atoms with E-state index in [9.17, 15) is 19.4 Å². The minimum Gasteiger partial charge on any atom is -0.756 e. The maximum absolute atomic E-state index is 12.8. The highest BCUT2D eigenvalue weighted by atomic mass is 31.2.